The summed E-state index contributed by atoms with van der Waals surface area (Å²) in [5.74, 6) is 6.53. The normalized spacial score (nSPS) is 10.3. The first-order chi connectivity index (χ1) is 8.30. The van der Waals surface area contributed by atoms with Crippen LogP contribution in [-0.4, -0.2) is 27.3 Å². The third kappa shape index (κ3) is 2.04. The van der Waals surface area contributed by atoms with E-state index in [0.717, 1.165) is 5.56 Å². The third-order valence-corrected chi connectivity index (χ3v) is 2.35. The molecule has 3 N–H and O–H groups in total. The highest BCUT2D eigenvalue weighted by Crippen LogP contribution is 2.33. The van der Waals surface area contributed by atoms with Crippen molar-refractivity contribution in [1.82, 2.24) is 20.2 Å². The number of hydrogen-bond acceptors (Lipinski definition) is 6. The Hall–Kier alpha value is -2.15. The van der Waals surface area contributed by atoms with E-state index in [9.17, 15) is 0 Å². The Morgan fingerprint density at radius 1 is 1.47 bits per heavy atom. The van der Waals surface area contributed by atoms with Crippen LogP contribution in [-0.2, 0) is 6.54 Å². The van der Waals surface area contributed by atoms with E-state index < -0.39 is 0 Å². The lowest BCUT2D eigenvalue weighted by atomic mass is 10.1. The molecule has 0 aliphatic rings. The van der Waals surface area contributed by atoms with Gasteiger partial charge in [0.2, 0.25) is 5.82 Å². The summed E-state index contributed by atoms with van der Waals surface area (Å²) in [4.78, 5) is 1.51. The molecule has 2 rings (SSSR count). The van der Waals surface area contributed by atoms with Crippen molar-refractivity contribution in [2.24, 2.45) is 5.84 Å². The van der Waals surface area contributed by atoms with Crippen molar-refractivity contribution in [3.8, 4) is 17.1 Å². The van der Waals surface area contributed by atoms with Gasteiger partial charge in [-0.25, -0.2) is 0 Å². The highest BCUT2D eigenvalue weighted by Gasteiger charge is 2.14. The van der Waals surface area contributed by atoms with Crippen molar-refractivity contribution in [2.45, 2.75) is 13.5 Å². The summed E-state index contributed by atoms with van der Waals surface area (Å²) < 4.78 is 5.31. The highest BCUT2D eigenvalue weighted by molar-refractivity contribution is 5.73. The van der Waals surface area contributed by atoms with Crippen molar-refractivity contribution in [3.05, 3.63) is 18.2 Å². The first-order valence-electron chi connectivity index (χ1n) is 5.22. The maximum atomic E-state index is 5.41. The number of anilines is 1. The summed E-state index contributed by atoms with van der Waals surface area (Å²) in [5, 5.41) is 12.1. The topological polar surface area (TPSA) is 90.9 Å². The third-order valence-electron chi connectivity index (χ3n) is 2.35. The molecule has 0 spiro atoms. The van der Waals surface area contributed by atoms with Crippen molar-refractivity contribution >= 4 is 5.69 Å². The van der Waals surface area contributed by atoms with Crippen LogP contribution in [0, 0.1) is 0 Å². The van der Waals surface area contributed by atoms with Gasteiger partial charge >= 0.3 is 0 Å². The number of aromatic nitrogens is 4. The van der Waals surface area contributed by atoms with Gasteiger partial charge in [-0.3, -0.25) is 5.84 Å². The summed E-state index contributed by atoms with van der Waals surface area (Å²) in [5.41, 5.74) is 4.00. The zero-order chi connectivity index (χ0) is 12.3. The molecule has 2 aromatic rings. The molecule has 0 saturated heterocycles. The van der Waals surface area contributed by atoms with Crippen LogP contribution in [0.3, 0.4) is 0 Å². The van der Waals surface area contributed by atoms with Crippen LogP contribution >= 0.6 is 0 Å². The molecule has 1 aromatic carbocycles. The molecule has 0 fully saturated rings. The van der Waals surface area contributed by atoms with Crippen molar-refractivity contribution in [3.63, 3.8) is 0 Å². The predicted octanol–water partition coefficient (Wildman–Crippen LogP) is 0.654. The summed E-state index contributed by atoms with van der Waals surface area (Å²) in [6.07, 6.45) is 0. The summed E-state index contributed by atoms with van der Waals surface area (Å²) in [6, 6.07) is 5.52. The van der Waals surface area contributed by atoms with Gasteiger partial charge in [0, 0.05) is 0 Å². The molecule has 0 radical (unpaired) electrons. The molecular formula is C10H14N6O. The van der Waals surface area contributed by atoms with E-state index in [1.165, 1.54) is 4.80 Å². The maximum absolute atomic E-state index is 5.41. The quantitative estimate of drug-likeness (QED) is 0.596. The van der Waals surface area contributed by atoms with Crippen LogP contribution in [0.25, 0.3) is 11.4 Å². The number of aryl methyl sites for hydroxylation is 1. The molecular weight excluding hydrogens is 220 g/mol. The van der Waals surface area contributed by atoms with Crippen molar-refractivity contribution < 1.29 is 4.74 Å². The second-order valence-corrected chi connectivity index (χ2v) is 3.33. The Morgan fingerprint density at radius 2 is 2.29 bits per heavy atom. The van der Waals surface area contributed by atoms with E-state index in [4.69, 9.17) is 10.6 Å². The lowest BCUT2D eigenvalue weighted by Crippen LogP contribution is -2.08. The van der Waals surface area contributed by atoms with Gasteiger partial charge in [0.05, 0.1) is 24.9 Å². The lowest BCUT2D eigenvalue weighted by molar-refractivity contribution is 0.418. The summed E-state index contributed by atoms with van der Waals surface area (Å²) in [7, 11) is 1.57. The largest absolute Gasteiger partial charge is 0.494 e. The van der Waals surface area contributed by atoms with Crippen LogP contribution < -0.4 is 16.0 Å². The van der Waals surface area contributed by atoms with Gasteiger partial charge in [-0.2, -0.15) is 4.80 Å². The molecule has 0 aliphatic carbocycles. The zero-order valence-corrected chi connectivity index (χ0v) is 9.71. The number of hydrazine groups is 1. The molecule has 0 bridgehead atoms. The van der Waals surface area contributed by atoms with Crippen LogP contribution in [0.2, 0.25) is 0 Å². The van der Waals surface area contributed by atoms with Gasteiger partial charge in [0.1, 0.15) is 0 Å². The average molecular weight is 234 g/mol. The Kier molecular flexibility index (Phi) is 3.20. The molecule has 17 heavy (non-hydrogen) atoms. The molecule has 1 heterocycles. The first-order valence-corrected chi connectivity index (χ1v) is 5.22. The number of para-hydroxylation sites is 1. The van der Waals surface area contributed by atoms with E-state index in [-0.39, 0.29) is 0 Å². The Bertz CT molecular complexity index is 509. The smallest absolute Gasteiger partial charge is 0.208 e. The van der Waals surface area contributed by atoms with Crippen LogP contribution in [0.5, 0.6) is 5.75 Å². The number of nitrogen functional groups attached to an aromatic ring is 1. The summed E-state index contributed by atoms with van der Waals surface area (Å²) in [6.45, 7) is 2.62. The van der Waals surface area contributed by atoms with Crippen LogP contribution in [0.4, 0.5) is 5.69 Å². The van der Waals surface area contributed by atoms with Crippen LogP contribution in [0.1, 0.15) is 6.92 Å². The number of ether oxygens (including phenoxy) is 1. The number of benzene rings is 1. The minimum Gasteiger partial charge on any atom is -0.494 e. The SMILES string of the molecule is CCn1nnc(-c2cccc(NN)c2OC)n1. The molecule has 7 heteroatoms. The average Bonchev–Trinajstić information content (AvgIpc) is 2.86. The molecule has 0 atom stereocenters. The number of rotatable bonds is 4. The lowest BCUT2D eigenvalue weighted by Gasteiger charge is -2.10. The molecule has 0 unspecified atom stereocenters. The highest BCUT2D eigenvalue weighted by atomic mass is 16.5. The van der Waals surface area contributed by atoms with E-state index >= 15 is 0 Å². The Morgan fingerprint density at radius 3 is 2.88 bits per heavy atom. The zero-order valence-electron chi connectivity index (χ0n) is 9.71. The fraction of sp³-hybridized carbons (Fsp3) is 0.300. The van der Waals surface area contributed by atoms with Gasteiger partial charge in [0.25, 0.3) is 0 Å². The molecule has 0 amide bonds. The standard InChI is InChI=1S/C10H14N6O/c1-3-16-14-10(13-15-16)7-5-4-6-8(12-11)9(7)17-2/h4-6,12H,3,11H2,1-2H3. The number of nitrogens with two attached hydrogens (primary N) is 1. The van der Waals surface area contributed by atoms with Crippen molar-refractivity contribution in [2.75, 3.05) is 12.5 Å². The number of methoxy groups -OCH3 is 1. The Balaban J connectivity index is 2.50. The molecule has 0 aliphatic heterocycles. The van der Waals surface area contributed by atoms with Gasteiger partial charge < -0.3 is 10.2 Å². The fourth-order valence-electron chi connectivity index (χ4n) is 1.53. The second-order valence-electron chi connectivity index (χ2n) is 3.33. The minimum absolute atomic E-state index is 0.515. The molecule has 7 nitrogen and oxygen atoms in total. The molecule has 0 saturated carbocycles. The van der Waals surface area contributed by atoms with E-state index in [1.807, 2.05) is 25.1 Å². The summed E-state index contributed by atoms with van der Waals surface area (Å²) >= 11 is 0. The first kappa shape index (κ1) is 11.3. The fourth-order valence-corrected chi connectivity index (χ4v) is 1.53. The second kappa shape index (κ2) is 4.79. The van der Waals surface area contributed by atoms with Gasteiger partial charge in [-0.15, -0.1) is 10.2 Å². The van der Waals surface area contributed by atoms with Gasteiger partial charge in [-0.05, 0) is 24.3 Å². The van der Waals surface area contributed by atoms with Crippen molar-refractivity contribution in [1.29, 1.82) is 0 Å². The molecule has 90 valence electrons. The van der Waals surface area contributed by atoms with E-state index in [1.54, 1.807) is 7.11 Å². The Labute approximate surface area is 98.5 Å². The maximum Gasteiger partial charge on any atom is 0.208 e. The van der Waals surface area contributed by atoms with Crippen LogP contribution in [0.15, 0.2) is 18.2 Å². The van der Waals surface area contributed by atoms with E-state index in [0.29, 0.717) is 23.8 Å². The predicted molar refractivity (Wildman–Crippen MR) is 63.3 cm³/mol. The number of nitrogens with zero attached hydrogens (tertiary/aromatic N) is 4. The minimum atomic E-state index is 0.515. The number of hydrogen-bond donors (Lipinski definition) is 2. The number of tetrazole rings is 1. The monoisotopic (exact) mass is 234 g/mol. The number of nitrogens with one attached hydrogen (secondary N) is 1. The molecule has 1 aromatic heterocycles. The van der Waals surface area contributed by atoms with Gasteiger partial charge in [0.15, 0.2) is 5.75 Å². The van der Waals surface area contributed by atoms with E-state index in [2.05, 4.69) is 20.8 Å². The van der Waals surface area contributed by atoms with Gasteiger partial charge in [-0.1, -0.05) is 6.07 Å².